The van der Waals surface area contributed by atoms with Gasteiger partial charge in [-0.2, -0.15) is 0 Å². The molecular weight excluding hydrogens is 216 g/mol. The smallest absolute Gasteiger partial charge is 0.346 e. The Kier molecular flexibility index (Phi) is 3.49. The van der Waals surface area contributed by atoms with Gasteiger partial charge in [0.15, 0.2) is 12.6 Å². The van der Waals surface area contributed by atoms with Crippen LogP contribution in [-0.2, 0) is 9.53 Å². The first-order valence-electron chi connectivity index (χ1n) is 4.06. The van der Waals surface area contributed by atoms with Crippen LogP contribution < -0.4 is 0 Å². The Bertz CT molecular complexity index is 463. The predicted octanol–water partition coefficient (Wildman–Crippen LogP) is 0.330. The molecule has 1 rings (SSSR count). The second-order valence-corrected chi connectivity index (χ2v) is 2.70. The SMILES string of the molecule is O=COC(=O)c1ccc(O)c(C=O)c1C=O. The lowest BCUT2D eigenvalue weighted by Crippen LogP contribution is -2.09. The van der Waals surface area contributed by atoms with E-state index >= 15 is 0 Å². The molecule has 1 aromatic rings. The zero-order valence-electron chi connectivity index (χ0n) is 7.88. The van der Waals surface area contributed by atoms with Gasteiger partial charge in [0.1, 0.15) is 5.75 Å². The van der Waals surface area contributed by atoms with Crippen LogP contribution in [0.2, 0.25) is 0 Å². The van der Waals surface area contributed by atoms with E-state index in [-0.39, 0.29) is 35.7 Å². The molecule has 16 heavy (non-hydrogen) atoms. The van der Waals surface area contributed by atoms with Crippen LogP contribution >= 0.6 is 0 Å². The minimum Gasteiger partial charge on any atom is -0.507 e. The standard InChI is InChI=1S/C10H6O6/c11-3-7-6(10(15)16-5-13)1-2-9(14)8(7)4-12/h1-5,14H. The van der Waals surface area contributed by atoms with Gasteiger partial charge in [-0.15, -0.1) is 0 Å². The number of hydrogen-bond acceptors (Lipinski definition) is 6. The fourth-order valence-corrected chi connectivity index (χ4v) is 1.16. The van der Waals surface area contributed by atoms with Crippen molar-refractivity contribution in [1.82, 2.24) is 0 Å². The predicted molar refractivity (Wildman–Crippen MR) is 50.4 cm³/mol. The number of rotatable bonds is 4. The average Bonchev–Trinajstić information content (AvgIpc) is 2.28. The van der Waals surface area contributed by atoms with E-state index in [1.807, 2.05) is 0 Å². The van der Waals surface area contributed by atoms with Gasteiger partial charge in [-0.05, 0) is 12.1 Å². The van der Waals surface area contributed by atoms with Crippen LogP contribution in [0.5, 0.6) is 5.75 Å². The highest BCUT2D eigenvalue weighted by molar-refractivity contribution is 6.05. The summed E-state index contributed by atoms with van der Waals surface area (Å²) in [6, 6.07) is 2.13. The lowest BCUT2D eigenvalue weighted by atomic mass is 10.0. The molecule has 1 aromatic carbocycles. The summed E-state index contributed by atoms with van der Waals surface area (Å²) in [7, 11) is 0. The van der Waals surface area contributed by atoms with Gasteiger partial charge in [-0.1, -0.05) is 0 Å². The van der Waals surface area contributed by atoms with Crippen LogP contribution in [0.25, 0.3) is 0 Å². The van der Waals surface area contributed by atoms with Crippen molar-refractivity contribution in [3.63, 3.8) is 0 Å². The third-order valence-corrected chi connectivity index (χ3v) is 1.87. The average molecular weight is 222 g/mol. The zero-order chi connectivity index (χ0) is 12.1. The summed E-state index contributed by atoms with van der Waals surface area (Å²) in [5, 5.41) is 9.25. The zero-order valence-corrected chi connectivity index (χ0v) is 7.88. The molecule has 1 N–H and O–H groups in total. The molecule has 0 bridgehead atoms. The number of ether oxygens (including phenoxy) is 1. The Hall–Kier alpha value is -2.50. The van der Waals surface area contributed by atoms with Gasteiger partial charge in [0, 0.05) is 5.56 Å². The number of aldehydes is 2. The van der Waals surface area contributed by atoms with E-state index in [1.54, 1.807) is 0 Å². The third kappa shape index (κ3) is 1.95. The van der Waals surface area contributed by atoms with E-state index in [2.05, 4.69) is 4.74 Å². The first-order valence-corrected chi connectivity index (χ1v) is 4.06. The number of phenols is 1. The number of aromatic hydroxyl groups is 1. The maximum atomic E-state index is 11.2. The molecule has 0 unspecified atom stereocenters. The topological polar surface area (TPSA) is 97.7 Å². The second-order valence-electron chi connectivity index (χ2n) is 2.70. The molecule has 0 aliphatic carbocycles. The minimum absolute atomic E-state index is 0.0929. The van der Waals surface area contributed by atoms with Gasteiger partial charge in [0.2, 0.25) is 0 Å². The van der Waals surface area contributed by atoms with Crippen LogP contribution in [0.4, 0.5) is 0 Å². The van der Waals surface area contributed by atoms with Crippen molar-refractivity contribution in [2.45, 2.75) is 0 Å². The fraction of sp³-hybridized carbons (Fsp3) is 0. The quantitative estimate of drug-likeness (QED) is 0.448. The first-order chi connectivity index (χ1) is 7.65. The summed E-state index contributed by atoms with van der Waals surface area (Å²) in [5.41, 5.74) is -0.904. The minimum atomic E-state index is -1.07. The molecule has 0 radical (unpaired) electrons. The molecule has 6 heteroatoms. The number of carbonyl (C=O) groups is 4. The lowest BCUT2D eigenvalue weighted by molar-refractivity contribution is -0.123. The molecule has 0 fully saturated rings. The summed E-state index contributed by atoms with van der Waals surface area (Å²) in [6.07, 6.45) is 0.460. The van der Waals surface area contributed by atoms with Crippen LogP contribution in [-0.4, -0.2) is 30.1 Å². The largest absolute Gasteiger partial charge is 0.507 e. The summed E-state index contributed by atoms with van der Waals surface area (Å²) in [4.78, 5) is 42.5. The highest BCUT2D eigenvalue weighted by Crippen LogP contribution is 2.22. The van der Waals surface area contributed by atoms with E-state index in [4.69, 9.17) is 0 Å². The molecule has 0 atom stereocenters. The normalized spacial score (nSPS) is 9.25. The number of hydrogen-bond donors (Lipinski definition) is 1. The molecule has 0 saturated carbocycles. The number of benzene rings is 1. The van der Waals surface area contributed by atoms with E-state index < -0.39 is 11.7 Å². The summed E-state index contributed by atoms with van der Waals surface area (Å²) in [6.45, 7) is -0.0929. The van der Waals surface area contributed by atoms with Gasteiger partial charge in [0.05, 0.1) is 11.1 Å². The van der Waals surface area contributed by atoms with Crippen molar-refractivity contribution >= 4 is 25.0 Å². The molecule has 0 saturated heterocycles. The number of esters is 1. The molecule has 0 amide bonds. The van der Waals surface area contributed by atoms with E-state index in [0.29, 0.717) is 0 Å². The van der Waals surface area contributed by atoms with E-state index in [0.717, 1.165) is 12.1 Å². The number of carbonyl (C=O) groups excluding carboxylic acids is 4. The molecular formula is C10H6O6. The number of phenolic OH excluding ortho intramolecular Hbond substituents is 1. The molecule has 0 heterocycles. The molecule has 0 spiro atoms. The molecule has 82 valence electrons. The van der Waals surface area contributed by atoms with Crippen molar-refractivity contribution in [2.24, 2.45) is 0 Å². The molecule has 6 nitrogen and oxygen atoms in total. The van der Waals surface area contributed by atoms with E-state index in [1.165, 1.54) is 0 Å². The van der Waals surface area contributed by atoms with Crippen LogP contribution in [0.3, 0.4) is 0 Å². The Morgan fingerprint density at radius 1 is 1.12 bits per heavy atom. The van der Waals surface area contributed by atoms with Gasteiger partial charge < -0.3 is 9.84 Å². The van der Waals surface area contributed by atoms with Crippen molar-refractivity contribution in [2.75, 3.05) is 0 Å². The lowest BCUT2D eigenvalue weighted by Gasteiger charge is -2.05. The van der Waals surface area contributed by atoms with Gasteiger partial charge in [-0.3, -0.25) is 14.4 Å². The van der Waals surface area contributed by atoms with E-state index in [9.17, 15) is 24.3 Å². The summed E-state index contributed by atoms with van der Waals surface area (Å²) in [5.74, 6) is -1.50. The molecule has 0 aliphatic rings. The highest BCUT2D eigenvalue weighted by Gasteiger charge is 2.18. The third-order valence-electron chi connectivity index (χ3n) is 1.87. The highest BCUT2D eigenvalue weighted by atomic mass is 16.6. The van der Waals surface area contributed by atoms with Gasteiger partial charge in [-0.25, -0.2) is 4.79 Å². The van der Waals surface area contributed by atoms with Crippen LogP contribution in [0.15, 0.2) is 12.1 Å². The second kappa shape index (κ2) is 4.83. The van der Waals surface area contributed by atoms with Crippen molar-refractivity contribution < 1.29 is 29.0 Å². The Morgan fingerprint density at radius 3 is 2.25 bits per heavy atom. The van der Waals surface area contributed by atoms with Crippen molar-refractivity contribution in [3.05, 3.63) is 28.8 Å². The van der Waals surface area contributed by atoms with Crippen molar-refractivity contribution in [3.8, 4) is 5.75 Å². The first kappa shape index (κ1) is 11.6. The van der Waals surface area contributed by atoms with Gasteiger partial charge in [0.25, 0.3) is 0 Å². The maximum absolute atomic E-state index is 11.2. The Balaban J connectivity index is 3.40. The summed E-state index contributed by atoms with van der Waals surface area (Å²) < 4.78 is 4.03. The fourth-order valence-electron chi connectivity index (χ4n) is 1.16. The monoisotopic (exact) mass is 222 g/mol. The molecule has 0 aromatic heterocycles. The Morgan fingerprint density at radius 2 is 1.75 bits per heavy atom. The van der Waals surface area contributed by atoms with Crippen LogP contribution in [0.1, 0.15) is 31.1 Å². The van der Waals surface area contributed by atoms with Gasteiger partial charge >= 0.3 is 12.4 Å². The van der Waals surface area contributed by atoms with Crippen LogP contribution in [0, 0.1) is 0 Å². The summed E-state index contributed by atoms with van der Waals surface area (Å²) >= 11 is 0. The maximum Gasteiger partial charge on any atom is 0.346 e. The Labute approximate surface area is 89.4 Å². The van der Waals surface area contributed by atoms with Crippen molar-refractivity contribution in [1.29, 1.82) is 0 Å². The molecule has 0 aliphatic heterocycles.